The van der Waals surface area contributed by atoms with Gasteiger partial charge in [0, 0.05) is 0 Å². The molecule has 0 spiro atoms. The lowest BCUT2D eigenvalue weighted by Crippen LogP contribution is -1.96. The molecule has 0 aliphatic carbocycles. The molecule has 0 bridgehead atoms. The van der Waals surface area contributed by atoms with Crippen molar-refractivity contribution >= 4 is 0 Å². The van der Waals surface area contributed by atoms with Crippen LogP contribution in [0, 0.1) is 13.8 Å². The molecule has 2 aromatic carbocycles. The third kappa shape index (κ3) is 2.76. The summed E-state index contributed by atoms with van der Waals surface area (Å²) in [4.78, 5) is 0. The van der Waals surface area contributed by atoms with Crippen LogP contribution in [0.15, 0.2) is 42.5 Å². The molecular formula is C17H20. The van der Waals surface area contributed by atoms with Crippen LogP contribution in [0.3, 0.4) is 0 Å². The first kappa shape index (κ1) is 11.9. The fourth-order valence-electron chi connectivity index (χ4n) is 2.24. The zero-order valence-electron chi connectivity index (χ0n) is 11.0. The highest BCUT2D eigenvalue weighted by Crippen LogP contribution is 2.18. The summed E-state index contributed by atoms with van der Waals surface area (Å²) in [7, 11) is 0. The largest absolute Gasteiger partial charge is 0.0617 e. The van der Waals surface area contributed by atoms with Gasteiger partial charge in [-0.1, -0.05) is 55.0 Å². The number of aryl methyl sites for hydroxylation is 2. The summed E-state index contributed by atoms with van der Waals surface area (Å²) in [5, 5.41) is 0. The molecule has 0 N–H and O–H groups in total. The molecule has 0 saturated heterocycles. The summed E-state index contributed by atoms with van der Waals surface area (Å²) >= 11 is 0. The van der Waals surface area contributed by atoms with E-state index in [1.54, 1.807) is 0 Å². The van der Waals surface area contributed by atoms with E-state index < -0.39 is 0 Å². The molecular weight excluding hydrogens is 204 g/mol. The Hall–Kier alpha value is -1.56. The van der Waals surface area contributed by atoms with E-state index in [4.69, 9.17) is 0 Å². The molecule has 17 heavy (non-hydrogen) atoms. The monoisotopic (exact) mass is 224 g/mol. The van der Waals surface area contributed by atoms with E-state index in [1.165, 1.54) is 27.8 Å². The third-order valence-corrected chi connectivity index (χ3v) is 3.45. The normalized spacial score (nSPS) is 10.5. The Labute approximate surface area is 104 Å². The van der Waals surface area contributed by atoms with Crippen LogP contribution in [-0.4, -0.2) is 0 Å². The topological polar surface area (TPSA) is 0 Å². The van der Waals surface area contributed by atoms with Crippen molar-refractivity contribution in [2.24, 2.45) is 0 Å². The Morgan fingerprint density at radius 2 is 1.47 bits per heavy atom. The van der Waals surface area contributed by atoms with Crippen molar-refractivity contribution in [2.75, 3.05) is 0 Å². The maximum absolute atomic E-state index is 2.24. The van der Waals surface area contributed by atoms with E-state index in [2.05, 4.69) is 63.2 Å². The van der Waals surface area contributed by atoms with Gasteiger partial charge >= 0.3 is 0 Å². The predicted molar refractivity (Wildman–Crippen MR) is 74.5 cm³/mol. The van der Waals surface area contributed by atoms with Crippen molar-refractivity contribution in [1.29, 1.82) is 0 Å². The average molecular weight is 224 g/mol. The number of hydrogen-bond acceptors (Lipinski definition) is 0. The van der Waals surface area contributed by atoms with Gasteiger partial charge in [-0.3, -0.25) is 0 Å². The van der Waals surface area contributed by atoms with E-state index in [-0.39, 0.29) is 0 Å². The summed E-state index contributed by atoms with van der Waals surface area (Å²) in [6.07, 6.45) is 2.16. The minimum Gasteiger partial charge on any atom is -0.0617 e. The molecule has 0 heteroatoms. The Morgan fingerprint density at radius 1 is 0.824 bits per heavy atom. The predicted octanol–water partition coefficient (Wildman–Crippen LogP) is 4.46. The third-order valence-electron chi connectivity index (χ3n) is 3.45. The second-order valence-corrected chi connectivity index (χ2v) is 4.72. The van der Waals surface area contributed by atoms with Gasteiger partial charge in [-0.15, -0.1) is 0 Å². The van der Waals surface area contributed by atoms with Gasteiger partial charge in [-0.25, -0.2) is 0 Å². The summed E-state index contributed by atoms with van der Waals surface area (Å²) in [6, 6.07) is 15.5. The van der Waals surface area contributed by atoms with Crippen molar-refractivity contribution in [3.8, 4) is 0 Å². The standard InChI is InChI=1S/C17H20/c1-4-16-6-5-7-17(14(16)3)12-15-10-8-13(2)9-11-15/h5-11H,4,12H2,1-3H3. The highest BCUT2D eigenvalue weighted by Gasteiger charge is 2.03. The van der Waals surface area contributed by atoms with Gasteiger partial charge in [0.1, 0.15) is 0 Å². The molecule has 0 saturated carbocycles. The summed E-state index contributed by atoms with van der Waals surface area (Å²) < 4.78 is 0. The highest BCUT2D eigenvalue weighted by atomic mass is 14.1. The van der Waals surface area contributed by atoms with Crippen LogP contribution in [0.2, 0.25) is 0 Å². The highest BCUT2D eigenvalue weighted by molar-refractivity contribution is 5.38. The van der Waals surface area contributed by atoms with Crippen LogP contribution in [0.5, 0.6) is 0 Å². The van der Waals surface area contributed by atoms with Crippen molar-refractivity contribution in [1.82, 2.24) is 0 Å². The van der Waals surface area contributed by atoms with Crippen LogP contribution >= 0.6 is 0 Å². The van der Waals surface area contributed by atoms with E-state index in [1.807, 2.05) is 0 Å². The molecule has 0 heterocycles. The SMILES string of the molecule is CCc1cccc(Cc2ccc(C)cc2)c1C. The number of benzene rings is 2. The van der Waals surface area contributed by atoms with E-state index in [0.717, 1.165) is 12.8 Å². The van der Waals surface area contributed by atoms with Gasteiger partial charge < -0.3 is 0 Å². The average Bonchev–Trinajstić information content (AvgIpc) is 2.35. The number of rotatable bonds is 3. The molecule has 0 fully saturated rings. The first-order chi connectivity index (χ1) is 8.20. The molecule has 0 radical (unpaired) electrons. The van der Waals surface area contributed by atoms with Gasteiger partial charge in [0.15, 0.2) is 0 Å². The van der Waals surface area contributed by atoms with Crippen LogP contribution in [0.1, 0.15) is 34.7 Å². The van der Waals surface area contributed by atoms with Gasteiger partial charge in [0.05, 0.1) is 0 Å². The van der Waals surface area contributed by atoms with Gasteiger partial charge in [0.25, 0.3) is 0 Å². The maximum atomic E-state index is 2.24. The fraction of sp³-hybridized carbons (Fsp3) is 0.294. The summed E-state index contributed by atoms with van der Waals surface area (Å²) in [6.45, 7) is 6.59. The first-order valence-electron chi connectivity index (χ1n) is 6.33. The second kappa shape index (κ2) is 5.18. The first-order valence-corrected chi connectivity index (χ1v) is 6.33. The molecule has 0 aliphatic rings. The minimum absolute atomic E-state index is 1.04. The fourth-order valence-corrected chi connectivity index (χ4v) is 2.24. The maximum Gasteiger partial charge on any atom is -0.00230 e. The van der Waals surface area contributed by atoms with E-state index in [0.29, 0.717) is 0 Å². The zero-order chi connectivity index (χ0) is 12.3. The number of hydrogen-bond donors (Lipinski definition) is 0. The molecule has 0 nitrogen and oxygen atoms in total. The van der Waals surface area contributed by atoms with Crippen LogP contribution in [0.25, 0.3) is 0 Å². The van der Waals surface area contributed by atoms with Gasteiger partial charge in [-0.05, 0) is 48.9 Å². The quantitative estimate of drug-likeness (QED) is 0.722. The van der Waals surface area contributed by atoms with Crippen molar-refractivity contribution in [2.45, 2.75) is 33.6 Å². The summed E-state index contributed by atoms with van der Waals surface area (Å²) in [5.41, 5.74) is 7.10. The molecule has 88 valence electrons. The molecule has 0 amide bonds. The minimum atomic E-state index is 1.04. The second-order valence-electron chi connectivity index (χ2n) is 4.72. The van der Waals surface area contributed by atoms with Crippen LogP contribution in [-0.2, 0) is 12.8 Å². The Kier molecular flexibility index (Phi) is 3.63. The summed E-state index contributed by atoms with van der Waals surface area (Å²) in [5.74, 6) is 0. The molecule has 0 aliphatic heterocycles. The Bertz CT molecular complexity index is 492. The lowest BCUT2D eigenvalue weighted by molar-refractivity contribution is 1.06. The zero-order valence-corrected chi connectivity index (χ0v) is 11.0. The van der Waals surface area contributed by atoms with Gasteiger partial charge in [-0.2, -0.15) is 0 Å². The molecule has 0 aromatic heterocycles. The molecule has 2 aromatic rings. The van der Waals surface area contributed by atoms with Crippen molar-refractivity contribution in [3.05, 3.63) is 70.3 Å². The Morgan fingerprint density at radius 3 is 2.12 bits per heavy atom. The van der Waals surface area contributed by atoms with Crippen LogP contribution in [0.4, 0.5) is 0 Å². The van der Waals surface area contributed by atoms with E-state index in [9.17, 15) is 0 Å². The molecule has 0 unspecified atom stereocenters. The smallest absolute Gasteiger partial charge is 0.00230 e. The van der Waals surface area contributed by atoms with Crippen LogP contribution < -0.4 is 0 Å². The van der Waals surface area contributed by atoms with Crippen molar-refractivity contribution in [3.63, 3.8) is 0 Å². The van der Waals surface area contributed by atoms with Gasteiger partial charge in [0.2, 0.25) is 0 Å². The van der Waals surface area contributed by atoms with Crippen molar-refractivity contribution < 1.29 is 0 Å². The lowest BCUT2D eigenvalue weighted by atomic mass is 9.95. The Balaban J connectivity index is 2.27. The van der Waals surface area contributed by atoms with E-state index >= 15 is 0 Å². The lowest BCUT2D eigenvalue weighted by Gasteiger charge is -2.10. The molecule has 0 atom stereocenters. The molecule has 2 rings (SSSR count).